The highest BCUT2D eigenvalue weighted by atomic mass is 35.5. The van der Waals surface area contributed by atoms with Crippen LogP contribution in [0.3, 0.4) is 0 Å². The minimum atomic E-state index is -1.92. The van der Waals surface area contributed by atoms with Gasteiger partial charge in [-0.2, -0.15) is 0 Å². The summed E-state index contributed by atoms with van der Waals surface area (Å²) in [6.45, 7) is 14.4. The predicted octanol–water partition coefficient (Wildman–Crippen LogP) is 7.90. The van der Waals surface area contributed by atoms with Crippen LogP contribution in [0.4, 0.5) is 25.8 Å². The zero-order valence-corrected chi connectivity index (χ0v) is 66.9. The summed E-state index contributed by atoms with van der Waals surface area (Å²) in [6, 6.07) is 16.8. The van der Waals surface area contributed by atoms with E-state index in [0.29, 0.717) is 42.2 Å². The molecule has 0 aliphatic carbocycles. The van der Waals surface area contributed by atoms with Gasteiger partial charge in [0, 0.05) is 121 Å². The topological polar surface area (TPSA) is 406 Å². The number of urea groups is 1. The number of alkyl carbamates (subject to hydrolysis) is 1. The number of anilines is 2. The Morgan fingerprint density at radius 3 is 2.26 bits per heavy atom. The number of carboxylic acids is 1. The van der Waals surface area contributed by atoms with Gasteiger partial charge in [0.25, 0.3) is 0 Å². The molecule has 3 aliphatic rings. The molecule has 4 heterocycles. The molecule has 0 radical (unpaired) electrons. The number of nitrogens with one attached hydrogen (secondary N) is 5. The number of Topliss-reactive ketones (excluding diaryl/α,β-unsaturated/α-hetero) is 2. The van der Waals surface area contributed by atoms with E-state index in [9.17, 15) is 63.0 Å². The maximum Gasteiger partial charge on any atom is 0.410 e. The first-order chi connectivity index (χ1) is 53.2. The first kappa shape index (κ1) is 89.7. The number of nitrogens with two attached hydrogens (primary N) is 1. The number of hydrogen-bond acceptors (Lipinski definition) is 21. The van der Waals surface area contributed by atoms with Crippen molar-refractivity contribution in [2.24, 2.45) is 29.4 Å². The molecule has 0 spiro atoms. The van der Waals surface area contributed by atoms with Gasteiger partial charge >= 0.3 is 30.2 Å². The van der Waals surface area contributed by atoms with Gasteiger partial charge < -0.3 is 89.5 Å². The Balaban J connectivity index is 0.879. The third-order valence-electron chi connectivity index (χ3n) is 20.6. The summed E-state index contributed by atoms with van der Waals surface area (Å²) in [7, 11) is 7.72. The van der Waals surface area contributed by atoms with Gasteiger partial charge in [-0.1, -0.05) is 93.4 Å². The van der Waals surface area contributed by atoms with E-state index in [1.54, 1.807) is 76.2 Å². The molecule has 8 amide bonds. The van der Waals surface area contributed by atoms with Gasteiger partial charge in [-0.05, 0) is 119 Å². The molecular formula is C80H111ClN10O21. The number of carboxylic acid groups (broad SMARTS) is 1. The van der Waals surface area contributed by atoms with Crippen LogP contribution in [0.15, 0.2) is 90.5 Å². The fourth-order valence-corrected chi connectivity index (χ4v) is 13.9. The number of esters is 1. The fraction of sp³-hybridized carbons (Fsp3) is 0.562. The number of primary amides is 1. The van der Waals surface area contributed by atoms with Crippen LogP contribution in [0.5, 0.6) is 5.75 Å². The summed E-state index contributed by atoms with van der Waals surface area (Å²) < 4.78 is 48.6. The maximum atomic E-state index is 14.5. The van der Waals surface area contributed by atoms with Crippen molar-refractivity contribution in [2.45, 2.75) is 187 Å². The number of methoxy groups -OCH3 is 2. The number of likely N-dealkylation sites (N-methyl/N-ethyl adjacent to an activating group) is 1. The predicted molar refractivity (Wildman–Crippen MR) is 416 cm³/mol. The van der Waals surface area contributed by atoms with Crippen molar-refractivity contribution in [3.05, 3.63) is 112 Å². The molecule has 9 N–H and O–H groups in total. The molecule has 7 rings (SSSR count). The lowest BCUT2D eigenvalue weighted by Crippen LogP contribution is -2.63. The minimum Gasteiger partial charge on any atom is -0.495 e. The van der Waals surface area contributed by atoms with Crippen LogP contribution in [-0.2, 0) is 97.6 Å². The summed E-state index contributed by atoms with van der Waals surface area (Å²) in [5, 5.41) is 35.9. The van der Waals surface area contributed by atoms with Crippen molar-refractivity contribution in [1.82, 2.24) is 35.6 Å². The zero-order valence-electron chi connectivity index (χ0n) is 66.1. The number of aliphatic hydroxyl groups is 1. The normalized spacial score (nSPS) is 21.6. The minimum absolute atomic E-state index is 0.0103. The van der Waals surface area contributed by atoms with Crippen LogP contribution in [0.25, 0.3) is 10.9 Å². The highest BCUT2D eigenvalue weighted by Crippen LogP contribution is 2.49. The van der Waals surface area contributed by atoms with Gasteiger partial charge in [0.1, 0.15) is 53.1 Å². The molecule has 2 saturated heterocycles. The van der Waals surface area contributed by atoms with Crippen molar-refractivity contribution in [3.63, 3.8) is 0 Å². The molecule has 4 aromatic rings. The van der Waals surface area contributed by atoms with Gasteiger partial charge in [0.05, 0.1) is 57.8 Å². The average Bonchev–Trinajstić information content (AvgIpc) is 1.57. The van der Waals surface area contributed by atoms with Crippen molar-refractivity contribution < 1.29 is 101 Å². The monoisotopic (exact) mass is 1580 g/mol. The molecule has 112 heavy (non-hydrogen) atoms. The van der Waals surface area contributed by atoms with Gasteiger partial charge in [0.15, 0.2) is 11.5 Å². The fourth-order valence-electron chi connectivity index (χ4n) is 13.6. The van der Waals surface area contributed by atoms with Crippen LogP contribution >= 0.6 is 11.6 Å². The Hall–Kier alpha value is -9.50. The standard InChI is InChI=1S/C80H111ClN10O21/c1-13-88(8)46-58-41-54-19-14-15-21-60(54)91(58)33-29-59(92)42-56(25-28-69(96)97)73(98)83-32-35-108-37-36-107-34-30-67(94)86-71(48(2)3)62(93)43-55(20-17-31-84-76(82)101)74(99)85-57-26-23-52(24-27-57)47-109-78(103)89(9)51(6)75(100)111-66-44-68(95)90(10)61-39-53(40-63(105-11)70(61)81)38-49(4)18-16-22-65(106-12)80(104)45-64(110-77(102)87-80)50(5)72-79(66,7)112-72/h14-16,18-19,21-24,26-27,39-41,48,50-51,55-56,64-66,71-72,104H,13,17,20,25,28-38,42-47H2,1-12H3,(H,83,98)(H,85,99)(H,86,94)(H,87,102)(H,96,97)(H3,82,84,101)/b22-16+,49-18+/t50-,51+,55-,56-,64+,65-,66+,71+,72+,79+,80+/m1/s1. The van der Waals surface area contributed by atoms with Gasteiger partial charge in [-0.3, -0.25) is 43.8 Å². The molecule has 614 valence electrons. The molecule has 11 atom stereocenters. The number of halogens is 1. The second-order valence-corrected chi connectivity index (χ2v) is 29.8. The van der Waals surface area contributed by atoms with E-state index in [1.807, 2.05) is 44.3 Å². The van der Waals surface area contributed by atoms with Crippen molar-refractivity contribution >= 4 is 99.2 Å². The summed E-state index contributed by atoms with van der Waals surface area (Å²) in [5.41, 5.74) is 6.78. The van der Waals surface area contributed by atoms with E-state index in [2.05, 4.69) is 49.0 Å². The number of aryl methyl sites for hydroxylation is 1. The first-order valence-corrected chi connectivity index (χ1v) is 38.2. The number of aromatic nitrogens is 1. The molecular weight excluding hydrogens is 1470 g/mol. The molecule has 3 aromatic carbocycles. The Labute approximate surface area is 658 Å². The number of fused-ring (bicyclic) bond motifs is 6. The summed E-state index contributed by atoms with van der Waals surface area (Å²) in [4.78, 5) is 151. The number of allylic oxidation sites excluding steroid dienone is 3. The van der Waals surface area contributed by atoms with Crippen LogP contribution in [-0.4, -0.2) is 219 Å². The number of nitrogens with zero attached hydrogens (tertiary/aromatic N) is 4. The van der Waals surface area contributed by atoms with Crippen molar-refractivity contribution in [2.75, 3.05) is 91.6 Å². The van der Waals surface area contributed by atoms with Gasteiger partial charge in [0.2, 0.25) is 23.6 Å². The third-order valence-corrected chi connectivity index (χ3v) is 21.0. The number of rotatable bonds is 39. The van der Waals surface area contributed by atoms with E-state index in [1.165, 1.54) is 40.1 Å². The zero-order chi connectivity index (χ0) is 82.1. The number of aliphatic carboxylic acids is 1. The van der Waals surface area contributed by atoms with E-state index in [-0.39, 0.29) is 121 Å². The van der Waals surface area contributed by atoms with Gasteiger partial charge in [-0.15, -0.1) is 0 Å². The summed E-state index contributed by atoms with van der Waals surface area (Å²) in [6.07, 6.45) is -1.18. The summed E-state index contributed by atoms with van der Waals surface area (Å²) in [5.74, 6) is -7.07. The molecule has 0 saturated carbocycles. The number of epoxide rings is 1. The number of carbonyl (C=O) groups is 11. The Bertz CT molecular complexity index is 4020. The van der Waals surface area contributed by atoms with Crippen LogP contribution in [0.1, 0.15) is 129 Å². The third kappa shape index (κ3) is 25.8. The number of hydrogen-bond donors (Lipinski definition) is 8. The number of ketones is 2. The van der Waals surface area contributed by atoms with Crippen LogP contribution in [0.2, 0.25) is 5.02 Å². The molecule has 3 aliphatic heterocycles. The Kier molecular flexibility index (Phi) is 34.0. The highest BCUT2D eigenvalue weighted by molar-refractivity contribution is 6.35. The van der Waals surface area contributed by atoms with Crippen LogP contribution in [0, 0.1) is 23.7 Å². The molecule has 31 nitrogen and oxygen atoms in total. The number of ether oxygens (including phenoxy) is 8. The SMILES string of the molecule is CCN(C)Cc1cc2ccccc2n1CCC(=O)C[C@@H](CCC(=O)O)C(=O)NCCOCCOCCC(=O)N[C@H](C(=O)C[C@@H](CCCNC(N)=O)C(=O)Nc1ccc(COC(=O)N(C)[C@@H](C)C(=O)O[C@H]2CC(=O)N(C)c3cc(cc(OC)c3Cl)C/C(C)=C/C=C/[C@@H](OC)[C@@]3(O)C[C@H](OC(=O)N3)[C@@H](C)[C@@H]3O[C@@]23C)cc1)C(C)C. The van der Waals surface area contributed by atoms with Crippen molar-refractivity contribution in [3.8, 4) is 5.75 Å². The van der Waals surface area contributed by atoms with E-state index in [4.69, 9.17) is 55.2 Å². The largest absolute Gasteiger partial charge is 0.495 e. The number of amides is 8. The molecule has 32 heteroatoms. The second kappa shape index (κ2) is 42.4. The molecule has 1 aromatic heterocycles. The van der Waals surface area contributed by atoms with E-state index < -0.39 is 132 Å². The van der Waals surface area contributed by atoms with Crippen molar-refractivity contribution in [1.29, 1.82) is 0 Å². The number of para-hydroxylation sites is 1. The smallest absolute Gasteiger partial charge is 0.410 e. The second-order valence-electron chi connectivity index (χ2n) is 29.4. The lowest BCUT2D eigenvalue weighted by atomic mass is 9.83. The summed E-state index contributed by atoms with van der Waals surface area (Å²) >= 11 is 6.86. The van der Waals surface area contributed by atoms with E-state index in [0.717, 1.165) is 39.2 Å². The Morgan fingerprint density at radius 1 is 0.875 bits per heavy atom. The average molecular weight is 1580 g/mol. The maximum absolute atomic E-state index is 14.5. The number of carbonyl (C=O) groups excluding carboxylic acids is 10. The molecule has 4 bridgehead atoms. The lowest BCUT2D eigenvalue weighted by molar-refractivity contribution is -0.158. The van der Waals surface area contributed by atoms with Crippen LogP contribution < -0.4 is 42.0 Å². The van der Waals surface area contributed by atoms with Gasteiger partial charge in [-0.25, -0.2) is 19.2 Å². The Morgan fingerprint density at radius 2 is 1.58 bits per heavy atom. The highest BCUT2D eigenvalue weighted by Gasteiger charge is 2.64. The molecule has 2 fully saturated rings. The first-order valence-electron chi connectivity index (χ1n) is 37.9. The lowest BCUT2D eigenvalue weighted by Gasteiger charge is -2.42. The molecule has 0 unspecified atom stereocenters. The quantitative estimate of drug-likeness (QED) is 0.00910. The van der Waals surface area contributed by atoms with E-state index >= 15 is 0 Å². The number of benzene rings is 3.